The minimum Gasteiger partial charge on any atom is -0.505 e. The van der Waals surface area contributed by atoms with Crippen LogP contribution in [0.25, 0.3) is 21.1 Å². The number of nitrogens with zero attached hydrogens (tertiary/aromatic N) is 3. The molecule has 3 heterocycles. The molecule has 5 rings (SSSR count). The quantitative estimate of drug-likeness (QED) is 0.658. The van der Waals surface area contributed by atoms with Crippen LogP contribution in [0.2, 0.25) is 0 Å². The van der Waals surface area contributed by atoms with Crippen LogP contribution >= 0.6 is 11.3 Å². The Labute approximate surface area is 173 Å². The van der Waals surface area contributed by atoms with Crippen LogP contribution in [0.3, 0.4) is 0 Å². The summed E-state index contributed by atoms with van der Waals surface area (Å²) in [6.07, 6.45) is 1.64. The number of nitriles is 1. The van der Waals surface area contributed by atoms with Gasteiger partial charge in [0.2, 0.25) is 5.43 Å². The predicted octanol–water partition coefficient (Wildman–Crippen LogP) is 3.14. The van der Waals surface area contributed by atoms with Gasteiger partial charge in [0, 0.05) is 32.2 Å². The Kier molecular flexibility index (Phi) is 4.52. The van der Waals surface area contributed by atoms with Gasteiger partial charge in [0.25, 0.3) is 0 Å². The molecule has 1 saturated carbocycles. The second kappa shape index (κ2) is 7.11. The average molecular weight is 432 g/mol. The fourth-order valence-electron chi connectivity index (χ4n) is 4.12. The molecule has 2 fully saturated rings. The van der Waals surface area contributed by atoms with Gasteiger partial charge in [-0.25, -0.2) is 0 Å². The van der Waals surface area contributed by atoms with E-state index in [-0.39, 0.29) is 33.2 Å². The second-order valence-electron chi connectivity index (χ2n) is 7.43. The lowest BCUT2D eigenvalue weighted by Gasteiger charge is -2.31. The van der Waals surface area contributed by atoms with Crippen molar-refractivity contribution < 1.29 is 18.6 Å². The number of nitrogens with one attached hydrogen (secondary N) is 1. The number of benzene rings is 1. The number of anilines is 1. The van der Waals surface area contributed by atoms with E-state index in [1.165, 1.54) is 0 Å². The van der Waals surface area contributed by atoms with Gasteiger partial charge in [-0.05, 0) is 25.0 Å². The maximum absolute atomic E-state index is 13.5. The van der Waals surface area contributed by atoms with Gasteiger partial charge in [-0.3, -0.25) is 4.79 Å². The average Bonchev–Trinajstić information content (AvgIpc) is 3.52. The number of aromatic nitrogens is 1. The van der Waals surface area contributed by atoms with E-state index in [0.717, 1.165) is 24.2 Å². The largest absolute Gasteiger partial charge is 0.505 e. The number of alkyl halides is 2. The number of hydrogen-bond donors (Lipinski definition) is 2. The third-order valence-corrected chi connectivity index (χ3v) is 6.67. The summed E-state index contributed by atoms with van der Waals surface area (Å²) < 4.78 is 33.7. The molecule has 10 heteroatoms. The zero-order valence-electron chi connectivity index (χ0n) is 15.8. The number of hydrogen-bond acceptors (Lipinski definition) is 7. The number of ether oxygens (including phenoxy) is 1. The fraction of sp³-hybridized carbons (Fsp3) is 0.400. The first-order chi connectivity index (χ1) is 14.5. The van der Waals surface area contributed by atoms with Crippen LogP contribution in [0.5, 0.6) is 11.5 Å². The second-order valence-corrected chi connectivity index (χ2v) is 8.43. The van der Waals surface area contributed by atoms with Crippen LogP contribution in [0, 0.1) is 11.3 Å². The molecule has 0 unspecified atom stereocenters. The minimum absolute atomic E-state index is 0.00140. The van der Waals surface area contributed by atoms with E-state index in [1.54, 1.807) is 16.7 Å². The van der Waals surface area contributed by atoms with Gasteiger partial charge in [-0.15, -0.1) is 11.3 Å². The molecule has 0 spiro atoms. The number of rotatable bonds is 4. The standard InChI is InChI=1S/C20H18F2N4O3S/c21-20(22)29-18-12(25-7-5-24-6-8-25)4-3-11-15(18)26(10-1-2-10)19-14(16(11)27)17(28)13(9-23)30-19/h3-4,10,20,24,28H,1-2,5-8H2. The monoisotopic (exact) mass is 432 g/mol. The molecule has 1 aliphatic heterocycles. The lowest BCUT2D eigenvalue weighted by atomic mass is 10.1. The number of thiophene rings is 1. The maximum Gasteiger partial charge on any atom is 0.387 e. The molecule has 0 amide bonds. The summed E-state index contributed by atoms with van der Waals surface area (Å²) in [5.41, 5.74) is 0.328. The summed E-state index contributed by atoms with van der Waals surface area (Å²) in [6, 6.07) is 5.15. The molecule has 2 aromatic heterocycles. The van der Waals surface area contributed by atoms with Crippen molar-refractivity contribution in [1.29, 1.82) is 5.26 Å². The van der Waals surface area contributed by atoms with E-state index < -0.39 is 12.0 Å². The molecule has 7 nitrogen and oxygen atoms in total. The Bertz CT molecular complexity index is 1250. The summed E-state index contributed by atoms with van der Waals surface area (Å²) >= 11 is 1.00. The van der Waals surface area contributed by atoms with Crippen molar-refractivity contribution in [3.8, 4) is 17.6 Å². The van der Waals surface area contributed by atoms with Gasteiger partial charge in [0.15, 0.2) is 11.5 Å². The van der Waals surface area contributed by atoms with Gasteiger partial charge >= 0.3 is 6.61 Å². The molecule has 0 atom stereocenters. The first-order valence-electron chi connectivity index (χ1n) is 9.68. The van der Waals surface area contributed by atoms with E-state index in [9.17, 15) is 23.9 Å². The topological polar surface area (TPSA) is 90.5 Å². The zero-order valence-corrected chi connectivity index (χ0v) is 16.6. The van der Waals surface area contributed by atoms with Gasteiger partial charge in [-0.1, -0.05) is 0 Å². The summed E-state index contributed by atoms with van der Waals surface area (Å²) in [5.74, 6) is -0.372. The molecule has 0 radical (unpaired) electrons. The Morgan fingerprint density at radius 1 is 1.30 bits per heavy atom. The first-order valence-corrected chi connectivity index (χ1v) is 10.5. The van der Waals surface area contributed by atoms with Crippen LogP contribution < -0.4 is 20.4 Å². The molecule has 1 saturated heterocycles. The van der Waals surface area contributed by atoms with E-state index in [2.05, 4.69) is 5.32 Å². The summed E-state index contributed by atoms with van der Waals surface area (Å²) in [5, 5.41) is 23.3. The van der Waals surface area contributed by atoms with Crippen molar-refractivity contribution in [2.75, 3.05) is 31.1 Å². The molecule has 1 aromatic carbocycles. The highest BCUT2D eigenvalue weighted by Gasteiger charge is 2.33. The van der Waals surface area contributed by atoms with Crippen LogP contribution in [0.1, 0.15) is 23.8 Å². The zero-order chi connectivity index (χ0) is 21.0. The molecular weight excluding hydrogens is 414 g/mol. The molecule has 2 aliphatic rings. The van der Waals surface area contributed by atoms with Crippen molar-refractivity contribution in [3.05, 3.63) is 27.2 Å². The van der Waals surface area contributed by atoms with E-state index in [4.69, 9.17) is 4.74 Å². The van der Waals surface area contributed by atoms with Gasteiger partial charge < -0.3 is 24.6 Å². The Hall–Kier alpha value is -2.90. The SMILES string of the molecule is N#Cc1sc2c(c1O)c(=O)c1ccc(N3CCNCC3)c(OC(F)F)c1n2C1CC1. The summed E-state index contributed by atoms with van der Waals surface area (Å²) in [7, 11) is 0. The highest BCUT2D eigenvalue weighted by Crippen LogP contribution is 2.47. The lowest BCUT2D eigenvalue weighted by Crippen LogP contribution is -2.43. The Morgan fingerprint density at radius 3 is 2.67 bits per heavy atom. The highest BCUT2D eigenvalue weighted by atomic mass is 32.1. The van der Waals surface area contributed by atoms with Crippen LogP contribution in [0.15, 0.2) is 16.9 Å². The third-order valence-electron chi connectivity index (χ3n) is 5.58. The molecule has 156 valence electrons. The smallest absolute Gasteiger partial charge is 0.387 e. The summed E-state index contributed by atoms with van der Waals surface area (Å²) in [6.45, 7) is -0.378. The van der Waals surface area contributed by atoms with Crippen molar-refractivity contribution in [2.24, 2.45) is 0 Å². The molecule has 30 heavy (non-hydrogen) atoms. The number of aromatic hydroxyl groups is 1. The maximum atomic E-state index is 13.5. The fourth-order valence-corrected chi connectivity index (χ4v) is 5.19. The Balaban J connectivity index is 1.90. The van der Waals surface area contributed by atoms with Gasteiger partial charge in [-0.2, -0.15) is 14.0 Å². The van der Waals surface area contributed by atoms with E-state index >= 15 is 0 Å². The van der Waals surface area contributed by atoms with Crippen LogP contribution in [-0.2, 0) is 0 Å². The van der Waals surface area contributed by atoms with Crippen molar-refractivity contribution in [1.82, 2.24) is 9.88 Å². The van der Waals surface area contributed by atoms with E-state index in [0.29, 0.717) is 42.2 Å². The lowest BCUT2D eigenvalue weighted by molar-refractivity contribution is -0.0487. The van der Waals surface area contributed by atoms with Crippen LogP contribution in [-0.4, -0.2) is 42.5 Å². The normalized spacial score (nSPS) is 17.1. The highest BCUT2D eigenvalue weighted by molar-refractivity contribution is 7.19. The van der Waals surface area contributed by atoms with Crippen LogP contribution in [0.4, 0.5) is 14.5 Å². The van der Waals surface area contributed by atoms with Gasteiger partial charge in [0.05, 0.1) is 16.6 Å². The van der Waals surface area contributed by atoms with Crippen molar-refractivity contribution >= 4 is 38.1 Å². The summed E-state index contributed by atoms with van der Waals surface area (Å²) in [4.78, 5) is 15.6. The molecule has 3 aromatic rings. The Morgan fingerprint density at radius 2 is 2.03 bits per heavy atom. The number of fused-ring (bicyclic) bond motifs is 2. The van der Waals surface area contributed by atoms with E-state index in [1.807, 2.05) is 11.0 Å². The number of pyridine rings is 1. The van der Waals surface area contributed by atoms with Gasteiger partial charge in [0.1, 0.15) is 21.2 Å². The molecule has 2 N–H and O–H groups in total. The minimum atomic E-state index is -3.05. The number of halogens is 2. The number of piperazine rings is 1. The molecule has 0 bridgehead atoms. The van der Waals surface area contributed by atoms with Crippen molar-refractivity contribution in [3.63, 3.8) is 0 Å². The predicted molar refractivity (Wildman–Crippen MR) is 110 cm³/mol. The van der Waals surface area contributed by atoms with Crippen molar-refractivity contribution in [2.45, 2.75) is 25.5 Å². The molecule has 1 aliphatic carbocycles. The third kappa shape index (κ3) is 2.88. The molecular formula is C20H18F2N4O3S. The first kappa shape index (κ1) is 19.1.